The summed E-state index contributed by atoms with van der Waals surface area (Å²) in [5, 5.41) is 0. The van der Waals surface area contributed by atoms with Gasteiger partial charge < -0.3 is 9.64 Å². The van der Waals surface area contributed by atoms with Gasteiger partial charge in [0.1, 0.15) is 6.04 Å². The normalized spacial score (nSPS) is 20.6. The molecule has 0 bridgehead atoms. The number of rotatable bonds is 6. The molecule has 2 atom stereocenters. The Morgan fingerprint density at radius 2 is 1.85 bits per heavy atom. The Morgan fingerprint density at radius 1 is 1.22 bits per heavy atom. The van der Waals surface area contributed by atoms with Crippen LogP contribution in [0.15, 0.2) is 24.3 Å². The van der Waals surface area contributed by atoms with Gasteiger partial charge in [0.15, 0.2) is 0 Å². The van der Waals surface area contributed by atoms with Crippen molar-refractivity contribution < 1.29 is 23.9 Å². The van der Waals surface area contributed by atoms with Crippen LogP contribution in [0.25, 0.3) is 0 Å². The fraction of sp³-hybridized carbons (Fsp3) is 0.500. The first-order valence-electron chi connectivity index (χ1n) is 9.26. The van der Waals surface area contributed by atoms with Crippen molar-refractivity contribution in [2.75, 3.05) is 12.0 Å². The smallest absolute Gasteiger partial charge is 0.337 e. The highest BCUT2D eigenvalue weighted by Crippen LogP contribution is 2.35. The molecule has 1 heterocycles. The van der Waals surface area contributed by atoms with E-state index in [4.69, 9.17) is 0 Å². The van der Waals surface area contributed by atoms with E-state index in [0.29, 0.717) is 17.7 Å². The zero-order valence-electron chi connectivity index (χ0n) is 15.8. The van der Waals surface area contributed by atoms with Crippen LogP contribution in [0.5, 0.6) is 0 Å². The van der Waals surface area contributed by atoms with Crippen LogP contribution >= 0.6 is 0 Å². The predicted octanol–water partition coefficient (Wildman–Crippen LogP) is 2.14. The van der Waals surface area contributed by atoms with E-state index in [0.717, 1.165) is 17.7 Å². The van der Waals surface area contributed by atoms with E-state index in [1.165, 1.54) is 19.2 Å². The van der Waals surface area contributed by atoms with Crippen molar-refractivity contribution in [3.8, 4) is 0 Å². The zero-order chi connectivity index (χ0) is 19.7. The van der Waals surface area contributed by atoms with E-state index in [2.05, 4.69) is 4.74 Å². The minimum absolute atomic E-state index is 0.0135. The number of ether oxygens (including phenoxy) is 1. The van der Waals surface area contributed by atoms with Gasteiger partial charge in [-0.05, 0) is 50.5 Å². The minimum atomic E-state index is -0.763. The van der Waals surface area contributed by atoms with Gasteiger partial charge in [-0.1, -0.05) is 6.92 Å². The number of carbonyl (C=O) groups is 4. The summed E-state index contributed by atoms with van der Waals surface area (Å²) in [5.41, 5.74) is 0.727. The summed E-state index contributed by atoms with van der Waals surface area (Å²) in [5.74, 6) is -1.27. The van der Waals surface area contributed by atoms with E-state index in [1.54, 1.807) is 17.0 Å². The second kappa shape index (κ2) is 7.50. The van der Waals surface area contributed by atoms with E-state index in [-0.39, 0.29) is 36.1 Å². The molecule has 1 aliphatic heterocycles. The number of benzene rings is 1. The Bertz CT molecular complexity index is 769. The van der Waals surface area contributed by atoms with Crippen LogP contribution in [-0.4, -0.2) is 47.8 Å². The van der Waals surface area contributed by atoms with Gasteiger partial charge in [0.25, 0.3) is 5.91 Å². The summed E-state index contributed by atoms with van der Waals surface area (Å²) < 4.78 is 4.66. The molecule has 27 heavy (non-hydrogen) atoms. The molecule has 1 aromatic carbocycles. The lowest BCUT2D eigenvalue weighted by Crippen LogP contribution is -2.50. The Kier molecular flexibility index (Phi) is 5.30. The van der Waals surface area contributed by atoms with Crippen LogP contribution in [0.3, 0.4) is 0 Å². The maximum Gasteiger partial charge on any atom is 0.337 e. The SMILES string of the molecule is CCC(C)N(C(=O)C1CC1)C1CC(=O)N(c2ccc(C(=O)OC)cc2)C1=O. The average molecular weight is 372 g/mol. The molecule has 1 aliphatic carbocycles. The molecule has 0 radical (unpaired) electrons. The molecule has 7 nitrogen and oxygen atoms in total. The van der Waals surface area contributed by atoms with Gasteiger partial charge in [-0.25, -0.2) is 9.69 Å². The van der Waals surface area contributed by atoms with E-state index < -0.39 is 12.0 Å². The summed E-state index contributed by atoms with van der Waals surface area (Å²) >= 11 is 0. The fourth-order valence-electron chi connectivity index (χ4n) is 3.38. The van der Waals surface area contributed by atoms with Crippen LogP contribution in [0.2, 0.25) is 0 Å². The van der Waals surface area contributed by atoms with Crippen molar-refractivity contribution in [1.29, 1.82) is 0 Å². The minimum Gasteiger partial charge on any atom is -0.465 e. The van der Waals surface area contributed by atoms with Crippen molar-refractivity contribution in [1.82, 2.24) is 4.90 Å². The molecule has 0 N–H and O–H groups in total. The van der Waals surface area contributed by atoms with Crippen LogP contribution in [0.1, 0.15) is 49.9 Å². The molecular formula is C20H24N2O5. The van der Waals surface area contributed by atoms with Crippen molar-refractivity contribution >= 4 is 29.4 Å². The van der Waals surface area contributed by atoms with E-state index in [1.807, 2.05) is 13.8 Å². The number of hydrogen-bond donors (Lipinski definition) is 0. The Labute approximate surface area is 158 Å². The van der Waals surface area contributed by atoms with Crippen LogP contribution in [0.4, 0.5) is 5.69 Å². The molecule has 2 aliphatic rings. The molecule has 2 unspecified atom stereocenters. The summed E-state index contributed by atoms with van der Waals surface area (Å²) in [6.45, 7) is 3.87. The molecule has 3 rings (SSSR count). The molecule has 1 saturated heterocycles. The predicted molar refractivity (Wildman–Crippen MR) is 98.0 cm³/mol. The van der Waals surface area contributed by atoms with Gasteiger partial charge in [-0.3, -0.25) is 14.4 Å². The second-order valence-electron chi connectivity index (χ2n) is 7.10. The number of imide groups is 1. The van der Waals surface area contributed by atoms with Gasteiger partial charge in [0.05, 0.1) is 24.8 Å². The summed E-state index contributed by atoms with van der Waals surface area (Å²) in [6, 6.07) is 5.23. The Balaban J connectivity index is 1.85. The highest BCUT2D eigenvalue weighted by molar-refractivity contribution is 6.23. The Hall–Kier alpha value is -2.70. The summed E-state index contributed by atoms with van der Waals surface area (Å²) in [7, 11) is 1.29. The number of esters is 1. The summed E-state index contributed by atoms with van der Waals surface area (Å²) in [4.78, 5) is 52.6. The highest BCUT2D eigenvalue weighted by atomic mass is 16.5. The topological polar surface area (TPSA) is 84.0 Å². The molecular weight excluding hydrogens is 348 g/mol. The number of anilines is 1. The van der Waals surface area contributed by atoms with Crippen molar-refractivity contribution in [2.24, 2.45) is 5.92 Å². The zero-order valence-corrected chi connectivity index (χ0v) is 15.8. The van der Waals surface area contributed by atoms with Crippen LogP contribution in [-0.2, 0) is 19.1 Å². The second-order valence-corrected chi connectivity index (χ2v) is 7.10. The number of methoxy groups -OCH3 is 1. The third-order valence-corrected chi connectivity index (χ3v) is 5.25. The average Bonchev–Trinajstić information content (AvgIpc) is 3.48. The highest BCUT2D eigenvalue weighted by Gasteiger charge is 2.48. The van der Waals surface area contributed by atoms with Gasteiger partial charge in [-0.15, -0.1) is 0 Å². The quantitative estimate of drug-likeness (QED) is 0.564. The van der Waals surface area contributed by atoms with Gasteiger partial charge in [0, 0.05) is 12.0 Å². The number of hydrogen-bond acceptors (Lipinski definition) is 5. The van der Waals surface area contributed by atoms with E-state index >= 15 is 0 Å². The van der Waals surface area contributed by atoms with Crippen LogP contribution < -0.4 is 4.90 Å². The van der Waals surface area contributed by atoms with Crippen molar-refractivity contribution in [3.05, 3.63) is 29.8 Å². The third-order valence-electron chi connectivity index (χ3n) is 5.25. The maximum atomic E-state index is 13.0. The number of amides is 3. The molecule has 3 amide bonds. The molecule has 1 aromatic rings. The first-order chi connectivity index (χ1) is 12.9. The summed E-state index contributed by atoms with van der Waals surface area (Å²) in [6.07, 6.45) is 2.39. The maximum absolute atomic E-state index is 13.0. The molecule has 144 valence electrons. The molecule has 7 heteroatoms. The lowest BCUT2D eigenvalue weighted by Gasteiger charge is -2.33. The molecule has 2 fully saturated rings. The standard InChI is InChI=1S/C20H24N2O5/c1-4-12(2)21(18(24)13-5-6-13)16-11-17(23)22(19(16)25)15-9-7-14(8-10-15)20(26)27-3/h7-10,12-13,16H,4-6,11H2,1-3H3. The molecule has 0 aromatic heterocycles. The number of carbonyl (C=O) groups excluding carboxylic acids is 4. The third kappa shape index (κ3) is 3.59. The fourth-order valence-corrected chi connectivity index (χ4v) is 3.38. The molecule has 0 spiro atoms. The lowest BCUT2D eigenvalue weighted by molar-refractivity contribution is -0.141. The monoisotopic (exact) mass is 372 g/mol. The van der Waals surface area contributed by atoms with Gasteiger partial charge in [-0.2, -0.15) is 0 Å². The number of nitrogens with zero attached hydrogens (tertiary/aromatic N) is 2. The lowest BCUT2D eigenvalue weighted by atomic mass is 10.1. The first-order valence-corrected chi connectivity index (χ1v) is 9.26. The van der Waals surface area contributed by atoms with Crippen molar-refractivity contribution in [3.63, 3.8) is 0 Å². The Morgan fingerprint density at radius 3 is 2.37 bits per heavy atom. The van der Waals surface area contributed by atoms with Gasteiger partial charge >= 0.3 is 5.97 Å². The van der Waals surface area contributed by atoms with Crippen LogP contribution in [0, 0.1) is 5.92 Å². The largest absolute Gasteiger partial charge is 0.465 e. The first kappa shape index (κ1) is 19.1. The van der Waals surface area contributed by atoms with E-state index in [9.17, 15) is 19.2 Å². The van der Waals surface area contributed by atoms with Crippen molar-refractivity contribution in [2.45, 2.75) is 51.6 Å². The molecule has 1 saturated carbocycles. The van der Waals surface area contributed by atoms with Gasteiger partial charge in [0.2, 0.25) is 11.8 Å².